The second-order valence-electron chi connectivity index (χ2n) is 7.95. The van der Waals surface area contributed by atoms with Crippen LogP contribution in [-0.2, 0) is 6.61 Å². The second-order valence-corrected chi connectivity index (χ2v) is 7.95. The molecule has 1 saturated heterocycles. The van der Waals surface area contributed by atoms with E-state index >= 15 is 0 Å². The number of carbonyl (C=O) groups excluding carboxylic acids is 2. The molecule has 0 bridgehead atoms. The summed E-state index contributed by atoms with van der Waals surface area (Å²) >= 11 is 0. The van der Waals surface area contributed by atoms with Crippen LogP contribution in [0.25, 0.3) is 0 Å². The summed E-state index contributed by atoms with van der Waals surface area (Å²) in [5.41, 5.74) is 1.71. The molecule has 0 aliphatic carbocycles. The van der Waals surface area contributed by atoms with Crippen molar-refractivity contribution in [3.05, 3.63) is 84.3 Å². The highest BCUT2D eigenvalue weighted by atomic mass is 16.5. The van der Waals surface area contributed by atoms with Crippen molar-refractivity contribution < 1.29 is 14.3 Å². The minimum atomic E-state index is -0.200. The summed E-state index contributed by atoms with van der Waals surface area (Å²) in [5.74, 6) is 1.11. The van der Waals surface area contributed by atoms with Gasteiger partial charge in [-0.3, -0.25) is 15.1 Å². The number of carbonyl (C=O) groups is 2. The smallest absolute Gasteiger partial charge is 0.323 e. The molecule has 2 heterocycles. The van der Waals surface area contributed by atoms with Crippen molar-refractivity contribution in [3.8, 4) is 5.75 Å². The first-order chi connectivity index (χ1) is 16.1. The van der Waals surface area contributed by atoms with Crippen molar-refractivity contribution in [1.29, 1.82) is 0 Å². The van der Waals surface area contributed by atoms with E-state index in [1.165, 1.54) is 12.4 Å². The third-order valence-corrected chi connectivity index (χ3v) is 5.77. The van der Waals surface area contributed by atoms with E-state index in [0.717, 1.165) is 11.3 Å². The number of amides is 3. The van der Waals surface area contributed by atoms with Gasteiger partial charge in [-0.05, 0) is 42.7 Å². The number of benzene rings is 2. The first kappa shape index (κ1) is 22.3. The van der Waals surface area contributed by atoms with Crippen LogP contribution in [0.15, 0.2) is 73.2 Å². The summed E-state index contributed by atoms with van der Waals surface area (Å²) in [6.45, 7) is 1.62. The summed E-state index contributed by atoms with van der Waals surface area (Å²) < 4.78 is 5.80. The Morgan fingerprint density at radius 2 is 1.79 bits per heavy atom. The Labute approximate surface area is 193 Å². The fraction of sp³-hybridized carbons (Fsp3) is 0.280. The zero-order valence-electron chi connectivity index (χ0n) is 18.6. The van der Waals surface area contributed by atoms with E-state index in [2.05, 4.69) is 15.3 Å². The van der Waals surface area contributed by atoms with Crippen LogP contribution >= 0.6 is 0 Å². The van der Waals surface area contributed by atoms with E-state index in [1.54, 1.807) is 28.1 Å². The lowest BCUT2D eigenvalue weighted by Crippen LogP contribution is -2.48. The molecule has 3 aromatic rings. The van der Waals surface area contributed by atoms with E-state index < -0.39 is 0 Å². The molecule has 4 rings (SSSR count). The van der Waals surface area contributed by atoms with Crippen molar-refractivity contribution in [2.45, 2.75) is 25.5 Å². The number of likely N-dealkylation sites (tertiary alicyclic amines) is 1. The maximum absolute atomic E-state index is 13.0. The Kier molecular flexibility index (Phi) is 7.14. The number of nitrogens with zero attached hydrogens (tertiary/aromatic N) is 4. The summed E-state index contributed by atoms with van der Waals surface area (Å²) in [4.78, 5) is 36.9. The maximum Gasteiger partial charge on any atom is 0.323 e. The van der Waals surface area contributed by atoms with Crippen LogP contribution in [0.3, 0.4) is 0 Å². The van der Waals surface area contributed by atoms with E-state index in [1.807, 2.05) is 49.5 Å². The molecule has 0 saturated carbocycles. The fourth-order valence-corrected chi connectivity index (χ4v) is 3.81. The fourth-order valence-electron chi connectivity index (χ4n) is 3.81. The third-order valence-electron chi connectivity index (χ3n) is 5.77. The van der Waals surface area contributed by atoms with Crippen molar-refractivity contribution in [3.63, 3.8) is 0 Å². The van der Waals surface area contributed by atoms with Gasteiger partial charge in [-0.15, -0.1) is 0 Å². The molecule has 1 fully saturated rings. The Hall–Kier alpha value is -3.94. The van der Waals surface area contributed by atoms with Crippen molar-refractivity contribution in [2.24, 2.45) is 0 Å². The van der Waals surface area contributed by atoms with Crippen LogP contribution in [0.1, 0.15) is 28.8 Å². The van der Waals surface area contributed by atoms with Crippen molar-refractivity contribution >= 4 is 17.8 Å². The molecule has 170 valence electrons. The monoisotopic (exact) mass is 445 g/mol. The minimum Gasteiger partial charge on any atom is -0.489 e. The van der Waals surface area contributed by atoms with E-state index in [9.17, 15) is 9.59 Å². The molecule has 0 spiro atoms. The maximum atomic E-state index is 13.0. The topological polar surface area (TPSA) is 87.7 Å². The zero-order chi connectivity index (χ0) is 23.0. The molecular weight excluding hydrogens is 418 g/mol. The summed E-state index contributed by atoms with van der Waals surface area (Å²) in [6, 6.07) is 17.1. The number of aromatic nitrogens is 2. The van der Waals surface area contributed by atoms with Gasteiger partial charge in [0.2, 0.25) is 0 Å². The summed E-state index contributed by atoms with van der Waals surface area (Å²) in [7, 11) is 1.82. The highest BCUT2D eigenvalue weighted by Crippen LogP contribution is 2.20. The van der Waals surface area contributed by atoms with Gasteiger partial charge in [-0.1, -0.05) is 30.3 Å². The number of ether oxygens (including phenoxy) is 1. The Morgan fingerprint density at radius 1 is 1.06 bits per heavy atom. The molecule has 0 atom stereocenters. The average Bonchev–Trinajstić information content (AvgIpc) is 2.88. The van der Waals surface area contributed by atoms with Gasteiger partial charge in [0.25, 0.3) is 5.91 Å². The van der Waals surface area contributed by atoms with Gasteiger partial charge < -0.3 is 14.5 Å². The van der Waals surface area contributed by atoms with Crippen LogP contribution in [0.5, 0.6) is 5.75 Å². The van der Waals surface area contributed by atoms with Gasteiger partial charge in [0.1, 0.15) is 12.4 Å². The van der Waals surface area contributed by atoms with Gasteiger partial charge >= 0.3 is 6.03 Å². The van der Waals surface area contributed by atoms with Gasteiger partial charge in [0.15, 0.2) is 5.82 Å². The molecule has 33 heavy (non-hydrogen) atoms. The molecule has 1 aromatic heterocycles. The Morgan fingerprint density at radius 3 is 2.45 bits per heavy atom. The van der Waals surface area contributed by atoms with E-state index in [0.29, 0.717) is 43.9 Å². The number of piperidine rings is 1. The van der Waals surface area contributed by atoms with Crippen molar-refractivity contribution in [2.75, 3.05) is 25.5 Å². The number of urea groups is 1. The van der Waals surface area contributed by atoms with Crippen LogP contribution in [0.4, 0.5) is 10.6 Å². The van der Waals surface area contributed by atoms with Gasteiger partial charge in [-0.2, -0.15) is 0 Å². The SMILES string of the molecule is CN(C(=O)c1ccc(OCc2ccccc2)cc1)C1CCN(C(=O)Nc2cnccn2)CC1. The number of hydrogen-bond acceptors (Lipinski definition) is 5. The second kappa shape index (κ2) is 10.6. The summed E-state index contributed by atoms with van der Waals surface area (Å²) in [6.07, 6.45) is 6.03. The molecular formula is C25H27N5O3. The molecule has 8 nitrogen and oxygen atoms in total. The summed E-state index contributed by atoms with van der Waals surface area (Å²) in [5, 5.41) is 2.75. The average molecular weight is 446 g/mol. The van der Waals surface area contributed by atoms with Crippen LogP contribution in [-0.4, -0.2) is 57.9 Å². The Balaban J connectivity index is 1.26. The number of anilines is 1. The highest BCUT2D eigenvalue weighted by Gasteiger charge is 2.28. The molecule has 1 aliphatic heterocycles. The predicted octanol–water partition coefficient (Wildman–Crippen LogP) is 3.82. The molecule has 1 aliphatic rings. The first-order valence-corrected chi connectivity index (χ1v) is 11.0. The van der Waals surface area contributed by atoms with Gasteiger partial charge in [0, 0.05) is 44.1 Å². The quantitative estimate of drug-likeness (QED) is 0.623. The van der Waals surface area contributed by atoms with E-state index in [-0.39, 0.29) is 18.0 Å². The number of nitrogens with one attached hydrogen (secondary N) is 1. The van der Waals surface area contributed by atoms with Gasteiger partial charge in [0.05, 0.1) is 6.20 Å². The first-order valence-electron chi connectivity index (χ1n) is 11.0. The lowest BCUT2D eigenvalue weighted by molar-refractivity contribution is 0.0667. The lowest BCUT2D eigenvalue weighted by Gasteiger charge is -2.36. The number of hydrogen-bond donors (Lipinski definition) is 1. The zero-order valence-corrected chi connectivity index (χ0v) is 18.6. The Bertz CT molecular complexity index is 1050. The lowest BCUT2D eigenvalue weighted by atomic mass is 10.0. The standard InChI is InChI=1S/C25H27N5O3/c1-29(21-11-15-30(16-12-21)25(32)28-23-17-26-13-14-27-23)24(31)20-7-9-22(10-8-20)33-18-19-5-3-2-4-6-19/h2-10,13-14,17,21H,11-12,15-16,18H2,1H3,(H,27,28,32). The number of rotatable bonds is 6. The molecule has 2 aromatic carbocycles. The molecule has 0 unspecified atom stereocenters. The third kappa shape index (κ3) is 5.85. The van der Waals surface area contributed by atoms with Crippen LogP contribution in [0, 0.1) is 0 Å². The van der Waals surface area contributed by atoms with Gasteiger partial charge in [-0.25, -0.2) is 9.78 Å². The van der Waals surface area contributed by atoms with Crippen molar-refractivity contribution in [1.82, 2.24) is 19.8 Å². The minimum absolute atomic E-state index is 0.0351. The highest BCUT2D eigenvalue weighted by molar-refractivity contribution is 5.94. The predicted molar refractivity (Wildman–Crippen MR) is 125 cm³/mol. The normalized spacial score (nSPS) is 13.9. The van der Waals surface area contributed by atoms with Crippen LogP contribution in [0.2, 0.25) is 0 Å². The molecule has 3 amide bonds. The van der Waals surface area contributed by atoms with E-state index in [4.69, 9.17) is 4.74 Å². The van der Waals surface area contributed by atoms with Crippen LogP contribution < -0.4 is 10.1 Å². The molecule has 1 N–H and O–H groups in total. The molecule has 8 heteroatoms. The molecule has 0 radical (unpaired) electrons. The largest absolute Gasteiger partial charge is 0.489 e.